The lowest BCUT2D eigenvalue weighted by Crippen LogP contribution is -2.51. The molecule has 0 aliphatic carbocycles. The second kappa shape index (κ2) is 8.81. The summed E-state index contributed by atoms with van der Waals surface area (Å²) in [7, 11) is 0. The first-order valence-electron chi connectivity index (χ1n) is 8.03. The highest BCUT2D eigenvalue weighted by atomic mass is 16.5. The second-order valence-corrected chi connectivity index (χ2v) is 5.81. The number of carbonyl (C=O) groups is 2. The van der Waals surface area contributed by atoms with E-state index in [-0.39, 0.29) is 0 Å². The molecular weight excluding hydrogens is 332 g/mol. The molecule has 6 heteroatoms. The zero-order chi connectivity index (χ0) is 19.1. The Morgan fingerprint density at radius 1 is 1.04 bits per heavy atom. The Morgan fingerprint density at radius 2 is 1.69 bits per heavy atom. The maximum absolute atomic E-state index is 12.2. The van der Waals surface area contributed by atoms with Crippen LogP contribution in [-0.4, -0.2) is 34.3 Å². The molecule has 0 saturated carbocycles. The Hall–Kier alpha value is -3.14. The fraction of sp³-hybridized carbons (Fsp3) is 0.200. The number of hydrogen-bond donors (Lipinski definition) is 4. The lowest BCUT2D eigenvalue weighted by atomic mass is 10.1. The molecule has 2 aromatic carbocycles. The number of benzene rings is 2. The molecule has 0 spiro atoms. The van der Waals surface area contributed by atoms with E-state index in [4.69, 9.17) is 5.21 Å². The van der Waals surface area contributed by atoms with Crippen molar-refractivity contribution >= 4 is 11.8 Å². The van der Waals surface area contributed by atoms with Crippen LogP contribution in [0.2, 0.25) is 0 Å². The molecule has 26 heavy (non-hydrogen) atoms. The van der Waals surface area contributed by atoms with Crippen LogP contribution in [0.3, 0.4) is 0 Å². The molecule has 0 heterocycles. The van der Waals surface area contributed by atoms with E-state index in [1.165, 1.54) is 12.4 Å². The molecule has 2 unspecified atom stereocenters. The first-order valence-corrected chi connectivity index (χ1v) is 8.03. The molecule has 0 aromatic heterocycles. The number of aliphatic hydroxyl groups is 1. The smallest absolute Gasteiger partial charge is 0.268 e. The van der Waals surface area contributed by atoms with Gasteiger partial charge < -0.3 is 10.4 Å². The normalized spacial score (nSPS) is 12.3. The molecule has 0 saturated heterocycles. The van der Waals surface area contributed by atoms with Gasteiger partial charge in [0.05, 0.1) is 6.10 Å². The molecule has 134 valence electrons. The summed E-state index contributed by atoms with van der Waals surface area (Å²) in [5, 5.41) is 20.6. The van der Waals surface area contributed by atoms with Crippen molar-refractivity contribution in [1.29, 1.82) is 0 Å². The van der Waals surface area contributed by atoms with Crippen molar-refractivity contribution in [3.63, 3.8) is 0 Å². The molecule has 2 rings (SSSR count). The van der Waals surface area contributed by atoms with Gasteiger partial charge in [0.2, 0.25) is 0 Å². The van der Waals surface area contributed by atoms with Gasteiger partial charge in [0.1, 0.15) is 6.04 Å². The van der Waals surface area contributed by atoms with Gasteiger partial charge in [-0.3, -0.25) is 14.8 Å². The van der Waals surface area contributed by atoms with E-state index < -0.39 is 24.0 Å². The Morgan fingerprint density at radius 3 is 2.27 bits per heavy atom. The minimum atomic E-state index is -1.26. The minimum Gasteiger partial charge on any atom is -0.391 e. The van der Waals surface area contributed by atoms with Gasteiger partial charge in [-0.25, -0.2) is 5.48 Å². The number of aliphatic hydroxyl groups excluding tert-OH is 1. The standard InChI is InChI=1S/C20H20N2O4/c1-13-5-3-4-6-16(13)10-7-15-8-11-17(12-9-15)19(24)21-18(14(2)23)20(25)22-26/h3-6,8-9,11-12,14,18,23,26H,1-2H3,(H,21,24)(H,22,25). The number of aryl methyl sites for hydroxylation is 1. The molecule has 0 aliphatic heterocycles. The molecule has 0 bridgehead atoms. The summed E-state index contributed by atoms with van der Waals surface area (Å²) in [5.74, 6) is 4.68. The zero-order valence-corrected chi connectivity index (χ0v) is 14.5. The van der Waals surface area contributed by atoms with E-state index in [1.54, 1.807) is 24.3 Å². The Balaban J connectivity index is 2.11. The van der Waals surface area contributed by atoms with Gasteiger partial charge in [0, 0.05) is 16.7 Å². The zero-order valence-electron chi connectivity index (χ0n) is 14.5. The SMILES string of the molecule is Cc1ccccc1C#Cc1ccc(C(=O)NC(C(=O)NO)C(C)O)cc1. The van der Waals surface area contributed by atoms with Crippen molar-refractivity contribution in [2.45, 2.75) is 26.0 Å². The van der Waals surface area contributed by atoms with Crippen LogP contribution in [-0.2, 0) is 4.79 Å². The van der Waals surface area contributed by atoms with E-state index in [0.717, 1.165) is 16.7 Å². The van der Waals surface area contributed by atoms with Gasteiger partial charge in [0.25, 0.3) is 11.8 Å². The fourth-order valence-electron chi connectivity index (χ4n) is 2.26. The minimum absolute atomic E-state index is 0.308. The lowest BCUT2D eigenvalue weighted by molar-refractivity contribution is -0.133. The van der Waals surface area contributed by atoms with Gasteiger partial charge in [-0.1, -0.05) is 30.0 Å². The number of hydroxylamine groups is 1. The Kier molecular flexibility index (Phi) is 6.50. The summed E-state index contributed by atoms with van der Waals surface area (Å²) < 4.78 is 0. The van der Waals surface area contributed by atoms with Crippen molar-refractivity contribution in [2.24, 2.45) is 0 Å². The molecule has 0 aliphatic rings. The quantitative estimate of drug-likeness (QED) is 0.380. The van der Waals surface area contributed by atoms with Crippen LogP contribution in [0.15, 0.2) is 48.5 Å². The van der Waals surface area contributed by atoms with Crippen LogP contribution >= 0.6 is 0 Å². The highest BCUT2D eigenvalue weighted by Gasteiger charge is 2.25. The monoisotopic (exact) mass is 352 g/mol. The highest BCUT2D eigenvalue weighted by Crippen LogP contribution is 2.07. The summed E-state index contributed by atoms with van der Waals surface area (Å²) >= 11 is 0. The second-order valence-electron chi connectivity index (χ2n) is 5.81. The van der Waals surface area contributed by atoms with Gasteiger partial charge in [-0.15, -0.1) is 0 Å². The fourth-order valence-corrected chi connectivity index (χ4v) is 2.26. The molecule has 0 radical (unpaired) electrons. The first-order chi connectivity index (χ1) is 12.4. The van der Waals surface area contributed by atoms with Gasteiger partial charge >= 0.3 is 0 Å². The van der Waals surface area contributed by atoms with Crippen molar-refractivity contribution in [3.8, 4) is 11.8 Å². The van der Waals surface area contributed by atoms with Crippen LogP contribution < -0.4 is 10.8 Å². The summed E-state index contributed by atoms with van der Waals surface area (Å²) in [6.45, 7) is 3.32. The molecule has 0 fully saturated rings. The summed E-state index contributed by atoms with van der Waals surface area (Å²) in [6, 6.07) is 13.1. The predicted octanol–water partition coefficient (Wildman–Crippen LogP) is 1.38. The molecule has 6 nitrogen and oxygen atoms in total. The lowest BCUT2D eigenvalue weighted by Gasteiger charge is -2.19. The van der Waals surface area contributed by atoms with Crippen molar-refractivity contribution in [1.82, 2.24) is 10.8 Å². The molecule has 4 N–H and O–H groups in total. The molecule has 2 atom stereocenters. The average Bonchev–Trinajstić information content (AvgIpc) is 2.64. The van der Waals surface area contributed by atoms with Crippen molar-refractivity contribution in [3.05, 3.63) is 70.8 Å². The maximum Gasteiger partial charge on any atom is 0.268 e. The molecule has 2 aromatic rings. The van der Waals surface area contributed by atoms with E-state index >= 15 is 0 Å². The van der Waals surface area contributed by atoms with Gasteiger partial charge in [-0.2, -0.15) is 0 Å². The van der Waals surface area contributed by atoms with Crippen LogP contribution in [0, 0.1) is 18.8 Å². The Labute approximate surface area is 151 Å². The van der Waals surface area contributed by atoms with Crippen molar-refractivity contribution in [2.75, 3.05) is 0 Å². The number of hydrogen-bond acceptors (Lipinski definition) is 4. The van der Waals surface area contributed by atoms with Crippen LogP contribution in [0.25, 0.3) is 0 Å². The van der Waals surface area contributed by atoms with Crippen LogP contribution in [0.5, 0.6) is 0 Å². The van der Waals surface area contributed by atoms with E-state index in [1.807, 2.05) is 31.2 Å². The third-order valence-corrected chi connectivity index (χ3v) is 3.80. The highest BCUT2D eigenvalue weighted by molar-refractivity contribution is 5.97. The first kappa shape index (κ1) is 19.2. The summed E-state index contributed by atoms with van der Waals surface area (Å²) in [5.41, 5.74) is 4.49. The maximum atomic E-state index is 12.2. The third-order valence-electron chi connectivity index (χ3n) is 3.80. The van der Waals surface area contributed by atoms with Crippen molar-refractivity contribution < 1.29 is 19.9 Å². The molecule has 2 amide bonds. The van der Waals surface area contributed by atoms with Crippen LogP contribution in [0.4, 0.5) is 0 Å². The van der Waals surface area contributed by atoms with Gasteiger partial charge in [0.15, 0.2) is 0 Å². The van der Waals surface area contributed by atoms with E-state index in [9.17, 15) is 14.7 Å². The van der Waals surface area contributed by atoms with E-state index in [0.29, 0.717) is 5.56 Å². The topological polar surface area (TPSA) is 98.7 Å². The molecular formula is C20H20N2O4. The summed E-state index contributed by atoms with van der Waals surface area (Å²) in [4.78, 5) is 23.7. The number of carbonyl (C=O) groups excluding carboxylic acids is 2. The van der Waals surface area contributed by atoms with Crippen LogP contribution in [0.1, 0.15) is 34.0 Å². The van der Waals surface area contributed by atoms with Gasteiger partial charge in [-0.05, 0) is 49.7 Å². The van der Waals surface area contributed by atoms with E-state index in [2.05, 4.69) is 17.2 Å². The number of rotatable bonds is 4. The average molecular weight is 352 g/mol. The number of amides is 2. The summed E-state index contributed by atoms with van der Waals surface area (Å²) in [6.07, 6.45) is -1.16. The predicted molar refractivity (Wildman–Crippen MR) is 96.5 cm³/mol. The Bertz CT molecular complexity index is 848. The third kappa shape index (κ3) is 4.93. The largest absolute Gasteiger partial charge is 0.391 e. The number of nitrogens with one attached hydrogen (secondary N) is 2.